The van der Waals surface area contributed by atoms with Gasteiger partial charge in [-0.25, -0.2) is 22.4 Å². The van der Waals surface area contributed by atoms with Gasteiger partial charge in [-0.15, -0.1) is 11.6 Å². The van der Waals surface area contributed by atoms with Crippen LogP contribution in [-0.4, -0.2) is 59.4 Å². The SMILES string of the molecule is O=C(O)[C@H]1C[C@@H](O)CN1C(=O)Nc1cc(NS(=O)(=O)CCl)c(Cl)cc1F. The molecule has 1 aromatic rings. The van der Waals surface area contributed by atoms with Crippen molar-refractivity contribution in [3.63, 3.8) is 0 Å². The van der Waals surface area contributed by atoms with Crippen LogP contribution in [-0.2, 0) is 14.8 Å². The maximum atomic E-state index is 14.0. The number of carbonyl (C=O) groups is 2. The summed E-state index contributed by atoms with van der Waals surface area (Å²) in [6, 6.07) is -0.533. The van der Waals surface area contributed by atoms with Crippen LogP contribution in [0.25, 0.3) is 0 Å². The lowest BCUT2D eigenvalue weighted by Crippen LogP contribution is -2.43. The summed E-state index contributed by atoms with van der Waals surface area (Å²) in [4.78, 5) is 24.2. The lowest BCUT2D eigenvalue weighted by Gasteiger charge is -2.22. The number of aliphatic hydroxyl groups excluding tert-OH is 1. The van der Waals surface area contributed by atoms with Crippen molar-refractivity contribution in [2.75, 3.05) is 21.8 Å². The molecular formula is C13H14Cl2FN3O6S. The molecule has 0 saturated carbocycles. The van der Waals surface area contributed by atoms with E-state index in [0.717, 1.165) is 17.0 Å². The molecule has 1 aliphatic rings. The summed E-state index contributed by atoms with van der Waals surface area (Å²) in [7, 11) is -3.92. The number of benzene rings is 1. The number of carbonyl (C=O) groups excluding carboxylic acids is 1. The number of amides is 2. The second kappa shape index (κ2) is 7.82. The van der Waals surface area contributed by atoms with Gasteiger partial charge in [0.05, 0.1) is 22.5 Å². The maximum absolute atomic E-state index is 14.0. The zero-order chi connectivity index (χ0) is 19.6. The molecular weight excluding hydrogens is 416 g/mol. The summed E-state index contributed by atoms with van der Waals surface area (Å²) in [6.07, 6.45) is -1.19. The fraction of sp³-hybridized carbons (Fsp3) is 0.385. The third kappa shape index (κ3) is 4.67. The molecule has 0 bridgehead atoms. The topological polar surface area (TPSA) is 136 Å². The molecule has 144 valence electrons. The first-order valence-electron chi connectivity index (χ1n) is 7.08. The number of likely N-dealkylation sites (tertiary alicyclic amines) is 1. The van der Waals surface area contributed by atoms with Crippen molar-refractivity contribution in [3.8, 4) is 0 Å². The van der Waals surface area contributed by atoms with Crippen LogP contribution in [0, 0.1) is 5.82 Å². The van der Waals surface area contributed by atoms with E-state index < -0.39 is 50.9 Å². The summed E-state index contributed by atoms with van der Waals surface area (Å²) >= 11 is 11.0. The van der Waals surface area contributed by atoms with E-state index in [1.165, 1.54) is 0 Å². The third-order valence-corrected chi connectivity index (χ3v) is 5.53. The zero-order valence-electron chi connectivity index (χ0n) is 12.9. The molecule has 26 heavy (non-hydrogen) atoms. The number of aliphatic hydroxyl groups is 1. The first-order valence-corrected chi connectivity index (χ1v) is 9.64. The number of anilines is 2. The van der Waals surface area contributed by atoms with Gasteiger partial charge in [0.2, 0.25) is 10.0 Å². The Labute approximate surface area is 157 Å². The van der Waals surface area contributed by atoms with E-state index in [1.54, 1.807) is 0 Å². The fourth-order valence-corrected chi connectivity index (χ4v) is 3.35. The number of urea groups is 1. The van der Waals surface area contributed by atoms with Gasteiger partial charge in [0, 0.05) is 13.0 Å². The number of sulfonamides is 1. The van der Waals surface area contributed by atoms with Crippen molar-refractivity contribution >= 4 is 56.6 Å². The number of rotatable bonds is 5. The van der Waals surface area contributed by atoms with Gasteiger partial charge < -0.3 is 20.4 Å². The second-order valence-corrected chi connectivity index (χ2v) is 8.18. The van der Waals surface area contributed by atoms with Gasteiger partial charge in [0.25, 0.3) is 0 Å². The fourth-order valence-electron chi connectivity index (χ4n) is 2.38. The number of aliphatic carboxylic acids is 1. The van der Waals surface area contributed by atoms with Crippen LogP contribution in [0.4, 0.5) is 20.6 Å². The van der Waals surface area contributed by atoms with Crippen molar-refractivity contribution in [2.45, 2.75) is 18.6 Å². The number of β-amino-alcohol motifs (C(OH)–C–C–N with tert-alkyl or cyclic N) is 1. The number of alkyl halides is 1. The summed E-state index contributed by atoms with van der Waals surface area (Å²) in [5.41, 5.74) is -0.655. The quantitative estimate of drug-likeness (QED) is 0.523. The van der Waals surface area contributed by atoms with Gasteiger partial charge >= 0.3 is 12.0 Å². The number of hydrogen-bond acceptors (Lipinski definition) is 5. The van der Waals surface area contributed by atoms with Crippen LogP contribution < -0.4 is 10.0 Å². The normalized spacial score (nSPS) is 20.1. The predicted octanol–water partition coefficient (Wildman–Crippen LogP) is 1.47. The lowest BCUT2D eigenvalue weighted by atomic mass is 10.2. The van der Waals surface area contributed by atoms with E-state index in [-0.39, 0.29) is 23.7 Å². The molecule has 2 rings (SSSR count). The van der Waals surface area contributed by atoms with Crippen LogP contribution in [0.1, 0.15) is 6.42 Å². The zero-order valence-corrected chi connectivity index (χ0v) is 15.3. The first kappa shape index (κ1) is 20.5. The van der Waals surface area contributed by atoms with Crippen LogP contribution in [0.2, 0.25) is 5.02 Å². The van der Waals surface area contributed by atoms with Crippen LogP contribution in [0.3, 0.4) is 0 Å². The number of halogens is 3. The minimum atomic E-state index is -3.92. The molecule has 0 aromatic heterocycles. The van der Waals surface area contributed by atoms with E-state index in [0.29, 0.717) is 0 Å². The van der Waals surface area contributed by atoms with Gasteiger partial charge in [-0.2, -0.15) is 0 Å². The van der Waals surface area contributed by atoms with Gasteiger partial charge in [0.1, 0.15) is 17.1 Å². The summed E-state index contributed by atoms with van der Waals surface area (Å²) in [5.74, 6) is -2.28. The maximum Gasteiger partial charge on any atom is 0.326 e. The largest absolute Gasteiger partial charge is 0.480 e. The number of carboxylic acid groups (broad SMARTS) is 1. The van der Waals surface area contributed by atoms with Gasteiger partial charge in [0.15, 0.2) is 0 Å². The minimum absolute atomic E-state index is 0.160. The molecule has 13 heteroatoms. The molecule has 4 N–H and O–H groups in total. The van der Waals surface area contributed by atoms with Crippen molar-refractivity contribution in [1.82, 2.24) is 4.90 Å². The Kier molecular flexibility index (Phi) is 6.17. The highest BCUT2D eigenvalue weighted by Crippen LogP contribution is 2.30. The highest BCUT2D eigenvalue weighted by molar-refractivity contribution is 7.93. The van der Waals surface area contributed by atoms with Gasteiger partial charge in [-0.3, -0.25) is 4.72 Å². The van der Waals surface area contributed by atoms with Crippen molar-refractivity contribution in [2.24, 2.45) is 0 Å². The van der Waals surface area contributed by atoms with E-state index in [2.05, 4.69) is 5.32 Å². The minimum Gasteiger partial charge on any atom is -0.480 e. The Morgan fingerprint density at radius 3 is 2.58 bits per heavy atom. The Morgan fingerprint density at radius 2 is 2.00 bits per heavy atom. The molecule has 9 nitrogen and oxygen atoms in total. The average Bonchev–Trinajstić information content (AvgIpc) is 2.94. The van der Waals surface area contributed by atoms with Crippen molar-refractivity contribution < 1.29 is 32.6 Å². The summed E-state index contributed by atoms with van der Waals surface area (Å²) in [5, 5.41) is 19.8. The Balaban J connectivity index is 2.26. The molecule has 0 aliphatic carbocycles. The molecule has 1 fully saturated rings. The van der Waals surface area contributed by atoms with E-state index in [1.807, 2.05) is 4.72 Å². The van der Waals surface area contributed by atoms with Gasteiger partial charge in [-0.1, -0.05) is 11.6 Å². The summed E-state index contributed by atoms with van der Waals surface area (Å²) in [6.45, 7) is -0.246. The van der Waals surface area contributed by atoms with E-state index >= 15 is 0 Å². The Morgan fingerprint density at radius 1 is 1.35 bits per heavy atom. The standard InChI is InChI=1S/C13H14Cl2FN3O6S/c14-5-26(24,25)18-9-3-10(8(16)2-7(9)15)17-13(23)19-4-6(20)1-11(19)12(21)22/h2-3,6,11,18,20H,1,4-5H2,(H,17,23)(H,21,22)/t6-,11-/m1/s1. The molecule has 1 aliphatic heterocycles. The lowest BCUT2D eigenvalue weighted by molar-refractivity contribution is -0.141. The smallest absolute Gasteiger partial charge is 0.326 e. The first-order chi connectivity index (χ1) is 12.0. The van der Waals surface area contributed by atoms with E-state index in [4.69, 9.17) is 28.3 Å². The highest BCUT2D eigenvalue weighted by Gasteiger charge is 2.39. The van der Waals surface area contributed by atoms with Crippen LogP contribution in [0.15, 0.2) is 12.1 Å². The van der Waals surface area contributed by atoms with Crippen molar-refractivity contribution in [1.29, 1.82) is 0 Å². The molecule has 0 spiro atoms. The summed E-state index contributed by atoms with van der Waals surface area (Å²) < 4.78 is 39.1. The number of nitrogens with zero attached hydrogens (tertiary/aromatic N) is 1. The molecule has 2 atom stereocenters. The molecule has 2 amide bonds. The van der Waals surface area contributed by atoms with Crippen LogP contribution in [0.5, 0.6) is 0 Å². The Hall–Kier alpha value is -1.82. The van der Waals surface area contributed by atoms with Crippen LogP contribution >= 0.6 is 23.2 Å². The molecule has 0 radical (unpaired) electrons. The monoisotopic (exact) mass is 429 g/mol. The van der Waals surface area contributed by atoms with E-state index in [9.17, 15) is 27.5 Å². The number of carboxylic acids is 1. The number of nitrogens with one attached hydrogen (secondary N) is 2. The average molecular weight is 430 g/mol. The second-order valence-electron chi connectivity index (χ2n) is 5.46. The highest BCUT2D eigenvalue weighted by atomic mass is 35.5. The molecule has 1 saturated heterocycles. The third-order valence-electron chi connectivity index (χ3n) is 3.53. The predicted molar refractivity (Wildman–Crippen MR) is 92.4 cm³/mol. The number of hydrogen-bond donors (Lipinski definition) is 4. The Bertz CT molecular complexity index is 837. The van der Waals surface area contributed by atoms with Gasteiger partial charge in [-0.05, 0) is 12.1 Å². The molecule has 0 unspecified atom stereocenters. The molecule has 1 heterocycles. The van der Waals surface area contributed by atoms with Crippen molar-refractivity contribution in [3.05, 3.63) is 23.0 Å². The molecule has 1 aromatic carbocycles.